The SMILES string of the molecule is CN[C@@H](C)C(=O)N[C@@H](CCCCCC[C@H](NC(=O)[C@H](C)NC)C(=O)N1CCC[C@H]1C(=O)N(C)Cc1ccccc1)C(=O)N1CCC[C@H]1C(=O)N(C)Cc1ccccc1.Cl.Cl. The number of amides is 6. The largest absolute Gasteiger partial charge is 0.343 e. The average Bonchev–Trinajstić information content (AvgIpc) is 3.94. The lowest BCUT2D eigenvalue weighted by atomic mass is 10.0. The topological polar surface area (TPSA) is 164 Å². The first-order chi connectivity index (χ1) is 27.9. The summed E-state index contributed by atoms with van der Waals surface area (Å²) in [5.41, 5.74) is 2.01. The molecule has 2 saturated heterocycles. The van der Waals surface area contributed by atoms with E-state index in [0.717, 1.165) is 24.0 Å². The first kappa shape index (κ1) is 51.9. The lowest BCUT2D eigenvalue weighted by Gasteiger charge is -2.32. The summed E-state index contributed by atoms with van der Waals surface area (Å²) in [6.07, 6.45) is 6.03. The second-order valence-electron chi connectivity index (χ2n) is 15.9. The van der Waals surface area contributed by atoms with E-state index in [1.807, 2.05) is 60.7 Å². The molecule has 6 atom stereocenters. The van der Waals surface area contributed by atoms with E-state index in [2.05, 4.69) is 21.3 Å². The monoisotopic (exact) mass is 874 g/mol. The normalized spacial score (nSPS) is 17.9. The van der Waals surface area contributed by atoms with E-state index in [9.17, 15) is 28.8 Å². The molecular weight excluding hydrogens is 807 g/mol. The zero-order chi connectivity index (χ0) is 42.2. The van der Waals surface area contributed by atoms with Crippen molar-refractivity contribution in [2.45, 2.75) is 127 Å². The van der Waals surface area contributed by atoms with Gasteiger partial charge in [0.1, 0.15) is 24.2 Å². The van der Waals surface area contributed by atoms with Crippen molar-refractivity contribution in [1.82, 2.24) is 40.9 Å². The lowest BCUT2D eigenvalue weighted by Crippen LogP contribution is -2.55. The number of rotatable bonds is 21. The van der Waals surface area contributed by atoms with Gasteiger partial charge in [0.25, 0.3) is 0 Å². The molecule has 0 radical (unpaired) electrons. The van der Waals surface area contributed by atoms with Gasteiger partial charge in [0.2, 0.25) is 35.4 Å². The molecule has 334 valence electrons. The fraction of sp³-hybridized carbons (Fsp3) is 0.591. The minimum Gasteiger partial charge on any atom is -0.343 e. The van der Waals surface area contributed by atoms with Gasteiger partial charge in [-0.3, -0.25) is 28.8 Å². The standard InChI is InChI=1S/C44H66N8O6.2ClH/c1-31(45-3)39(53)47-35(41(55)51-27-17-25-37(51)43(57)49(5)29-33-19-11-9-12-20-33)23-15-7-8-16-24-36(48-40(54)32(2)46-4)42(56)52-28-18-26-38(52)44(58)50(6)30-34-21-13-10-14-22-34;;/h9-14,19-22,31-32,35-38,45-46H,7-8,15-18,23-30H2,1-6H3,(H,47,53)(H,48,54);2*1H/t31-,32-,35-,36-,37-,38-;;/m0../s1. The van der Waals surface area contributed by atoms with Crippen molar-refractivity contribution in [3.63, 3.8) is 0 Å². The van der Waals surface area contributed by atoms with E-state index in [1.54, 1.807) is 61.6 Å². The lowest BCUT2D eigenvalue weighted by molar-refractivity contribution is -0.145. The zero-order valence-electron chi connectivity index (χ0n) is 36.2. The molecule has 2 aliphatic heterocycles. The first-order valence-electron chi connectivity index (χ1n) is 21.0. The predicted octanol–water partition coefficient (Wildman–Crippen LogP) is 3.66. The third kappa shape index (κ3) is 14.7. The summed E-state index contributed by atoms with van der Waals surface area (Å²) in [7, 11) is 6.88. The second-order valence-corrected chi connectivity index (χ2v) is 15.9. The molecular formula is C44H68Cl2N8O6. The number of likely N-dealkylation sites (N-methyl/N-ethyl adjacent to an activating group) is 4. The van der Waals surface area contributed by atoms with Gasteiger partial charge in [-0.15, -0.1) is 24.8 Å². The van der Waals surface area contributed by atoms with Gasteiger partial charge < -0.3 is 40.9 Å². The average molecular weight is 876 g/mol. The van der Waals surface area contributed by atoms with Crippen LogP contribution >= 0.6 is 24.8 Å². The van der Waals surface area contributed by atoms with Crippen LogP contribution in [0.1, 0.15) is 89.2 Å². The van der Waals surface area contributed by atoms with E-state index in [4.69, 9.17) is 0 Å². The Morgan fingerprint density at radius 2 is 0.950 bits per heavy atom. The molecule has 4 N–H and O–H groups in total. The minimum atomic E-state index is -0.794. The van der Waals surface area contributed by atoms with Gasteiger partial charge in [-0.25, -0.2) is 0 Å². The quantitative estimate of drug-likeness (QED) is 0.138. The molecule has 0 unspecified atom stereocenters. The number of carbonyl (C=O) groups excluding carboxylic acids is 6. The Morgan fingerprint density at radius 1 is 0.600 bits per heavy atom. The van der Waals surface area contributed by atoms with Crippen molar-refractivity contribution in [2.75, 3.05) is 41.3 Å². The summed E-state index contributed by atoms with van der Waals surface area (Å²) < 4.78 is 0. The Kier molecular flexibility index (Phi) is 22.6. The van der Waals surface area contributed by atoms with Gasteiger partial charge in [-0.1, -0.05) is 86.3 Å². The Balaban J connectivity index is 0.00000620. The Morgan fingerprint density at radius 3 is 1.28 bits per heavy atom. The van der Waals surface area contributed by atoms with Crippen molar-refractivity contribution >= 4 is 60.3 Å². The number of unbranched alkanes of at least 4 members (excludes halogenated alkanes) is 3. The van der Waals surface area contributed by atoms with Gasteiger partial charge in [0, 0.05) is 40.3 Å². The summed E-state index contributed by atoms with van der Waals surface area (Å²) in [5.74, 6) is -1.32. The van der Waals surface area contributed by atoms with Crippen molar-refractivity contribution in [1.29, 1.82) is 0 Å². The maximum absolute atomic E-state index is 14.1. The van der Waals surface area contributed by atoms with Crippen molar-refractivity contribution in [3.05, 3.63) is 71.8 Å². The molecule has 4 rings (SSSR count). The highest BCUT2D eigenvalue weighted by Crippen LogP contribution is 2.24. The molecule has 0 aromatic heterocycles. The summed E-state index contributed by atoms with van der Waals surface area (Å²) >= 11 is 0. The predicted molar refractivity (Wildman–Crippen MR) is 238 cm³/mol. The fourth-order valence-corrected chi connectivity index (χ4v) is 7.77. The van der Waals surface area contributed by atoms with Crippen LogP contribution in [0.15, 0.2) is 60.7 Å². The molecule has 2 fully saturated rings. The molecule has 16 heteroatoms. The molecule has 2 aromatic carbocycles. The number of benzene rings is 2. The maximum Gasteiger partial charge on any atom is 0.245 e. The number of halogens is 2. The van der Waals surface area contributed by atoms with Gasteiger partial charge >= 0.3 is 0 Å². The Bertz CT molecular complexity index is 1550. The smallest absolute Gasteiger partial charge is 0.245 e. The van der Waals surface area contributed by atoms with Crippen LogP contribution < -0.4 is 21.3 Å². The van der Waals surface area contributed by atoms with E-state index in [1.165, 1.54) is 0 Å². The molecule has 2 aromatic rings. The number of carbonyl (C=O) groups is 6. The molecule has 2 heterocycles. The fourth-order valence-electron chi connectivity index (χ4n) is 7.77. The van der Waals surface area contributed by atoms with Crippen LogP contribution in [0.4, 0.5) is 0 Å². The Labute approximate surface area is 369 Å². The van der Waals surface area contributed by atoms with Crippen LogP contribution in [0, 0.1) is 0 Å². The molecule has 2 aliphatic rings. The van der Waals surface area contributed by atoms with Crippen molar-refractivity contribution in [3.8, 4) is 0 Å². The Hall–Kier alpha value is -4.24. The molecule has 0 aliphatic carbocycles. The van der Waals surface area contributed by atoms with Gasteiger partial charge in [0.15, 0.2) is 0 Å². The van der Waals surface area contributed by atoms with E-state index >= 15 is 0 Å². The highest BCUT2D eigenvalue weighted by atomic mass is 35.5. The summed E-state index contributed by atoms with van der Waals surface area (Å²) in [6.45, 7) is 5.23. The van der Waals surface area contributed by atoms with E-state index in [0.29, 0.717) is 77.5 Å². The number of hydrogen-bond acceptors (Lipinski definition) is 8. The number of likely N-dealkylation sites (tertiary alicyclic amines) is 2. The minimum absolute atomic E-state index is 0. The third-order valence-corrected chi connectivity index (χ3v) is 11.5. The summed E-state index contributed by atoms with van der Waals surface area (Å²) in [5, 5.41) is 11.8. The van der Waals surface area contributed by atoms with Gasteiger partial charge in [0.05, 0.1) is 12.1 Å². The zero-order valence-corrected chi connectivity index (χ0v) is 37.8. The molecule has 60 heavy (non-hydrogen) atoms. The third-order valence-electron chi connectivity index (χ3n) is 11.5. The second kappa shape index (κ2) is 26.2. The number of nitrogens with zero attached hydrogens (tertiary/aromatic N) is 4. The molecule has 0 spiro atoms. The van der Waals surface area contributed by atoms with E-state index in [-0.39, 0.29) is 60.3 Å². The van der Waals surface area contributed by atoms with Crippen LogP contribution in [0.3, 0.4) is 0 Å². The molecule has 0 bridgehead atoms. The first-order valence-corrected chi connectivity index (χ1v) is 21.0. The van der Waals surface area contributed by atoms with Crippen molar-refractivity contribution in [2.24, 2.45) is 0 Å². The molecule has 6 amide bonds. The highest BCUT2D eigenvalue weighted by Gasteiger charge is 2.40. The molecule has 14 nitrogen and oxygen atoms in total. The summed E-state index contributed by atoms with van der Waals surface area (Å²) in [4.78, 5) is 88.1. The van der Waals surface area contributed by atoms with Crippen LogP contribution in [-0.2, 0) is 41.9 Å². The van der Waals surface area contributed by atoms with Crippen molar-refractivity contribution < 1.29 is 28.8 Å². The van der Waals surface area contributed by atoms with Crippen LogP contribution in [0.2, 0.25) is 0 Å². The number of nitrogens with one attached hydrogen (secondary N) is 4. The highest BCUT2D eigenvalue weighted by molar-refractivity contribution is 5.94. The number of hydrogen-bond donors (Lipinski definition) is 4. The van der Waals surface area contributed by atoms with Crippen LogP contribution in [0.25, 0.3) is 0 Å². The van der Waals surface area contributed by atoms with Gasteiger partial charge in [-0.2, -0.15) is 0 Å². The van der Waals surface area contributed by atoms with E-state index < -0.39 is 36.3 Å². The summed E-state index contributed by atoms with van der Waals surface area (Å²) in [6, 6.07) is 15.7. The van der Waals surface area contributed by atoms with Gasteiger partial charge in [-0.05, 0) is 77.6 Å². The van der Waals surface area contributed by atoms with Crippen LogP contribution in [-0.4, -0.2) is 133 Å². The maximum atomic E-state index is 14.1. The van der Waals surface area contributed by atoms with Crippen LogP contribution in [0.5, 0.6) is 0 Å². The molecule has 0 saturated carbocycles.